The summed E-state index contributed by atoms with van der Waals surface area (Å²) in [6.07, 6.45) is 0.344. The first kappa shape index (κ1) is 17.4. The molecule has 0 radical (unpaired) electrons. The second-order valence-corrected chi connectivity index (χ2v) is 5.73. The van der Waals surface area contributed by atoms with Gasteiger partial charge in [0.05, 0.1) is 6.42 Å². The molecule has 0 aliphatic rings. The first-order valence-corrected chi connectivity index (χ1v) is 7.81. The van der Waals surface area contributed by atoms with Gasteiger partial charge in [-0.05, 0) is 37.3 Å². The number of halogens is 2. The van der Waals surface area contributed by atoms with Gasteiger partial charge in [-0.2, -0.15) is 0 Å². The van der Waals surface area contributed by atoms with Gasteiger partial charge in [0.2, 0.25) is 0 Å². The van der Waals surface area contributed by atoms with Crippen molar-refractivity contribution in [1.29, 1.82) is 0 Å². The number of ether oxygens (including phenoxy) is 1. The minimum Gasteiger partial charge on any atom is -0.426 e. The third-order valence-corrected chi connectivity index (χ3v) is 3.85. The lowest BCUT2D eigenvalue weighted by atomic mass is 10.1. The fourth-order valence-corrected chi connectivity index (χ4v) is 2.67. The van der Waals surface area contributed by atoms with Crippen LogP contribution in [-0.4, -0.2) is 16.7 Å². The molecule has 0 aliphatic carbocycles. The molecule has 0 saturated heterocycles. The maximum Gasteiger partial charge on any atom is 0.315 e. The summed E-state index contributed by atoms with van der Waals surface area (Å²) in [6, 6.07) is 8.06. The minimum absolute atomic E-state index is 0.0344. The van der Waals surface area contributed by atoms with Crippen LogP contribution >= 0.6 is 23.2 Å². The van der Waals surface area contributed by atoms with Crippen LogP contribution in [0.2, 0.25) is 10.2 Å². The molecule has 0 N–H and O–H groups in total. The summed E-state index contributed by atoms with van der Waals surface area (Å²) in [5.74, 6) is -0.115. The predicted octanol–water partition coefficient (Wildman–Crippen LogP) is 4.44. The average Bonchev–Trinajstić information content (AvgIpc) is 2.51. The summed E-state index contributed by atoms with van der Waals surface area (Å²) in [4.78, 5) is 27.6. The molecular formula is C17H15Cl2NO3. The Labute approximate surface area is 144 Å². The van der Waals surface area contributed by atoms with E-state index >= 15 is 0 Å². The molecule has 120 valence electrons. The SMILES string of the molecule is CCC(=O)c1ccc(OC(=O)Cc2c(Cl)cc(C)nc2Cl)cc1. The predicted molar refractivity (Wildman–Crippen MR) is 89.4 cm³/mol. The van der Waals surface area contributed by atoms with E-state index in [4.69, 9.17) is 27.9 Å². The van der Waals surface area contributed by atoms with Crippen LogP contribution in [0.15, 0.2) is 30.3 Å². The van der Waals surface area contributed by atoms with Crippen molar-refractivity contribution in [2.75, 3.05) is 0 Å². The molecule has 23 heavy (non-hydrogen) atoms. The molecule has 6 heteroatoms. The molecule has 0 aliphatic heterocycles. The van der Waals surface area contributed by atoms with E-state index in [-0.39, 0.29) is 17.4 Å². The second kappa shape index (κ2) is 7.57. The first-order chi connectivity index (χ1) is 10.9. The maximum atomic E-state index is 12.0. The van der Waals surface area contributed by atoms with E-state index in [0.717, 1.165) is 0 Å². The molecule has 0 spiro atoms. The third-order valence-electron chi connectivity index (χ3n) is 3.20. The molecule has 0 unspecified atom stereocenters. The van der Waals surface area contributed by atoms with Gasteiger partial charge in [-0.25, -0.2) is 4.98 Å². The van der Waals surface area contributed by atoms with Crippen LogP contribution < -0.4 is 4.74 Å². The maximum absolute atomic E-state index is 12.0. The molecule has 0 amide bonds. The number of benzene rings is 1. The van der Waals surface area contributed by atoms with Gasteiger partial charge in [0.25, 0.3) is 0 Å². The Bertz CT molecular complexity index is 719. The number of aromatic nitrogens is 1. The first-order valence-electron chi connectivity index (χ1n) is 7.06. The fraction of sp³-hybridized carbons (Fsp3) is 0.235. The van der Waals surface area contributed by atoms with E-state index in [9.17, 15) is 9.59 Å². The lowest BCUT2D eigenvalue weighted by Gasteiger charge is -2.08. The van der Waals surface area contributed by atoms with Crippen LogP contribution in [0.25, 0.3) is 0 Å². The number of Topliss-reactive ketones (excluding diaryl/α,β-unsaturated/α-hetero) is 1. The van der Waals surface area contributed by atoms with Crippen LogP contribution in [0.4, 0.5) is 0 Å². The van der Waals surface area contributed by atoms with Gasteiger partial charge in [0, 0.05) is 28.3 Å². The second-order valence-electron chi connectivity index (χ2n) is 4.97. The number of ketones is 1. The Morgan fingerprint density at radius 1 is 1.17 bits per heavy atom. The molecule has 4 nitrogen and oxygen atoms in total. The fourth-order valence-electron chi connectivity index (χ4n) is 2.01. The molecule has 1 aromatic carbocycles. The minimum atomic E-state index is -0.506. The van der Waals surface area contributed by atoms with Crippen molar-refractivity contribution >= 4 is 35.0 Å². The third kappa shape index (κ3) is 4.53. The molecule has 2 aromatic rings. The van der Waals surface area contributed by atoms with E-state index in [1.807, 2.05) is 0 Å². The summed E-state index contributed by atoms with van der Waals surface area (Å²) >= 11 is 12.1. The van der Waals surface area contributed by atoms with E-state index in [1.54, 1.807) is 44.2 Å². The average molecular weight is 352 g/mol. The quantitative estimate of drug-likeness (QED) is 0.346. The van der Waals surface area contributed by atoms with E-state index in [2.05, 4.69) is 4.98 Å². The highest BCUT2D eigenvalue weighted by Gasteiger charge is 2.15. The van der Waals surface area contributed by atoms with Crippen molar-refractivity contribution in [2.45, 2.75) is 26.7 Å². The molecule has 0 fully saturated rings. The summed E-state index contributed by atoms with van der Waals surface area (Å²) < 4.78 is 5.23. The van der Waals surface area contributed by atoms with Crippen LogP contribution in [0, 0.1) is 6.92 Å². The van der Waals surface area contributed by atoms with Gasteiger partial charge in [-0.3, -0.25) is 9.59 Å². The van der Waals surface area contributed by atoms with E-state index in [1.165, 1.54) is 0 Å². The summed E-state index contributed by atoms with van der Waals surface area (Å²) in [5, 5.41) is 0.569. The highest BCUT2D eigenvalue weighted by Crippen LogP contribution is 2.25. The zero-order valence-corrected chi connectivity index (χ0v) is 14.2. The molecule has 2 rings (SSSR count). The number of pyridine rings is 1. The summed E-state index contributed by atoms with van der Waals surface area (Å²) in [7, 11) is 0. The smallest absolute Gasteiger partial charge is 0.315 e. The molecule has 0 saturated carbocycles. The van der Waals surface area contributed by atoms with E-state index in [0.29, 0.717) is 34.0 Å². The van der Waals surface area contributed by atoms with Gasteiger partial charge in [0.1, 0.15) is 10.9 Å². The van der Waals surface area contributed by atoms with Crippen molar-refractivity contribution in [1.82, 2.24) is 4.98 Å². The number of hydrogen-bond donors (Lipinski definition) is 0. The van der Waals surface area contributed by atoms with Crippen molar-refractivity contribution < 1.29 is 14.3 Å². The highest BCUT2D eigenvalue weighted by molar-refractivity contribution is 6.35. The van der Waals surface area contributed by atoms with Crippen molar-refractivity contribution in [3.05, 3.63) is 57.3 Å². The summed E-state index contributed by atoms with van der Waals surface area (Å²) in [6.45, 7) is 3.55. The largest absolute Gasteiger partial charge is 0.426 e. The van der Waals surface area contributed by atoms with Crippen LogP contribution in [0.5, 0.6) is 5.75 Å². The normalized spacial score (nSPS) is 10.4. The van der Waals surface area contributed by atoms with Crippen molar-refractivity contribution in [3.63, 3.8) is 0 Å². The van der Waals surface area contributed by atoms with Gasteiger partial charge in [-0.1, -0.05) is 30.1 Å². The van der Waals surface area contributed by atoms with Crippen molar-refractivity contribution in [3.8, 4) is 5.75 Å². The Hall–Kier alpha value is -1.91. The number of nitrogens with zero attached hydrogens (tertiary/aromatic N) is 1. The van der Waals surface area contributed by atoms with Gasteiger partial charge < -0.3 is 4.74 Å². The standard InChI is InChI=1S/C17H15Cl2NO3/c1-3-15(21)11-4-6-12(7-5-11)23-16(22)9-13-14(18)8-10(2)20-17(13)19/h4-8H,3,9H2,1-2H3. The molecule has 0 bridgehead atoms. The van der Waals surface area contributed by atoms with Crippen LogP contribution in [0.1, 0.15) is 35.0 Å². The Morgan fingerprint density at radius 2 is 1.83 bits per heavy atom. The zero-order chi connectivity index (χ0) is 17.0. The number of rotatable bonds is 5. The molecule has 1 heterocycles. The topological polar surface area (TPSA) is 56.3 Å². The van der Waals surface area contributed by atoms with Gasteiger partial charge in [0.15, 0.2) is 5.78 Å². The number of aryl methyl sites for hydroxylation is 1. The Kier molecular flexibility index (Phi) is 5.74. The molecule has 0 atom stereocenters. The van der Waals surface area contributed by atoms with Crippen molar-refractivity contribution in [2.24, 2.45) is 0 Å². The lowest BCUT2D eigenvalue weighted by Crippen LogP contribution is -2.12. The van der Waals surface area contributed by atoms with Gasteiger partial charge in [-0.15, -0.1) is 0 Å². The number of hydrogen-bond acceptors (Lipinski definition) is 4. The summed E-state index contributed by atoms with van der Waals surface area (Å²) in [5.41, 5.74) is 1.69. The Balaban J connectivity index is 2.07. The van der Waals surface area contributed by atoms with Crippen LogP contribution in [-0.2, 0) is 11.2 Å². The Morgan fingerprint density at radius 3 is 2.39 bits per heavy atom. The monoisotopic (exact) mass is 351 g/mol. The zero-order valence-electron chi connectivity index (χ0n) is 12.7. The highest BCUT2D eigenvalue weighted by atomic mass is 35.5. The number of carbonyl (C=O) groups excluding carboxylic acids is 2. The van der Waals surface area contributed by atoms with Gasteiger partial charge >= 0.3 is 5.97 Å². The molecule has 1 aromatic heterocycles. The number of carbonyl (C=O) groups is 2. The molecular weight excluding hydrogens is 337 g/mol. The lowest BCUT2D eigenvalue weighted by molar-refractivity contribution is -0.133. The van der Waals surface area contributed by atoms with E-state index < -0.39 is 5.97 Å². The van der Waals surface area contributed by atoms with Crippen LogP contribution in [0.3, 0.4) is 0 Å². The number of esters is 1.